The molecule has 1 aliphatic rings. The van der Waals surface area contributed by atoms with Gasteiger partial charge in [0.2, 0.25) is 5.91 Å². The molecule has 0 aliphatic carbocycles. The van der Waals surface area contributed by atoms with Gasteiger partial charge in [0.25, 0.3) is 0 Å². The van der Waals surface area contributed by atoms with E-state index in [4.69, 9.17) is 4.74 Å². The Labute approximate surface area is 152 Å². The normalized spacial score (nSPS) is 25.6. The minimum Gasteiger partial charge on any atom is -0.480 e. The van der Waals surface area contributed by atoms with Crippen LogP contribution >= 0.6 is 0 Å². The number of rotatable bonds is 6. The molecule has 7 nitrogen and oxygen atoms in total. The number of carbonyl (C=O) groups is 3. The number of aliphatic hydroxyl groups is 1. The van der Waals surface area contributed by atoms with Crippen molar-refractivity contribution in [3.8, 4) is 0 Å². The van der Waals surface area contributed by atoms with E-state index in [1.807, 2.05) is 0 Å². The van der Waals surface area contributed by atoms with Crippen molar-refractivity contribution in [1.82, 2.24) is 5.32 Å². The maximum atomic E-state index is 12.6. The SMILES string of the molecule is CC(C)(C)OC(=O)C[C@@H]1[C@@H](CO)NC(=O)[C@@]1(Cc1ccccc1)C(=O)O. The monoisotopic (exact) mass is 363 g/mol. The van der Waals surface area contributed by atoms with Crippen LogP contribution in [0.2, 0.25) is 0 Å². The van der Waals surface area contributed by atoms with E-state index in [0.29, 0.717) is 5.56 Å². The summed E-state index contributed by atoms with van der Waals surface area (Å²) >= 11 is 0. The second-order valence-electron chi connectivity index (χ2n) is 7.60. The minimum atomic E-state index is -1.84. The molecule has 1 aromatic carbocycles. The number of hydrogen-bond donors (Lipinski definition) is 3. The summed E-state index contributed by atoms with van der Waals surface area (Å²) in [5.74, 6) is -3.53. The first-order valence-electron chi connectivity index (χ1n) is 8.51. The van der Waals surface area contributed by atoms with Crippen LogP contribution in [0.25, 0.3) is 0 Å². The molecule has 0 spiro atoms. The first-order valence-corrected chi connectivity index (χ1v) is 8.51. The number of esters is 1. The topological polar surface area (TPSA) is 113 Å². The lowest BCUT2D eigenvalue weighted by Gasteiger charge is -2.30. The van der Waals surface area contributed by atoms with E-state index in [0.717, 1.165) is 0 Å². The zero-order valence-electron chi connectivity index (χ0n) is 15.2. The molecule has 3 N–H and O–H groups in total. The molecular formula is C19H25NO6. The smallest absolute Gasteiger partial charge is 0.319 e. The van der Waals surface area contributed by atoms with E-state index < -0.39 is 47.4 Å². The van der Waals surface area contributed by atoms with Gasteiger partial charge in [0, 0.05) is 5.92 Å². The molecule has 1 aromatic rings. The lowest BCUT2D eigenvalue weighted by Crippen LogP contribution is -2.46. The molecule has 1 heterocycles. The standard InChI is InChI=1S/C19H25NO6/c1-18(2,3)26-15(22)9-13-14(11-21)20-16(23)19(13,17(24)25)10-12-7-5-4-6-8-12/h4-8,13-14,21H,9-11H2,1-3H3,(H,20,23)(H,24,25)/t13-,14-,19+/m1/s1. The molecule has 0 bridgehead atoms. The lowest BCUT2D eigenvalue weighted by molar-refractivity contribution is -0.161. The van der Waals surface area contributed by atoms with Crippen molar-refractivity contribution in [3.05, 3.63) is 35.9 Å². The fraction of sp³-hybridized carbons (Fsp3) is 0.526. The summed E-state index contributed by atoms with van der Waals surface area (Å²) in [6.45, 7) is 4.67. The summed E-state index contributed by atoms with van der Waals surface area (Å²) in [7, 11) is 0. The third-order valence-corrected chi connectivity index (χ3v) is 4.55. The maximum Gasteiger partial charge on any atom is 0.319 e. The lowest BCUT2D eigenvalue weighted by atomic mass is 9.69. The molecule has 3 atom stereocenters. The number of benzene rings is 1. The van der Waals surface area contributed by atoms with Crippen LogP contribution in [0.1, 0.15) is 32.8 Å². The van der Waals surface area contributed by atoms with Gasteiger partial charge in [0.05, 0.1) is 19.1 Å². The van der Waals surface area contributed by atoms with Crippen LogP contribution in [-0.2, 0) is 25.5 Å². The van der Waals surface area contributed by atoms with Gasteiger partial charge in [0.15, 0.2) is 5.41 Å². The van der Waals surface area contributed by atoms with Crippen LogP contribution in [0.4, 0.5) is 0 Å². The molecule has 1 amide bonds. The van der Waals surface area contributed by atoms with E-state index in [2.05, 4.69) is 5.32 Å². The van der Waals surface area contributed by atoms with Gasteiger partial charge in [-0.1, -0.05) is 30.3 Å². The van der Waals surface area contributed by atoms with Crippen LogP contribution in [0.5, 0.6) is 0 Å². The van der Waals surface area contributed by atoms with E-state index in [1.54, 1.807) is 51.1 Å². The van der Waals surface area contributed by atoms with Gasteiger partial charge in [-0.3, -0.25) is 14.4 Å². The zero-order valence-corrected chi connectivity index (χ0v) is 15.2. The predicted molar refractivity (Wildman–Crippen MR) is 93.2 cm³/mol. The highest BCUT2D eigenvalue weighted by Crippen LogP contribution is 2.42. The van der Waals surface area contributed by atoms with Crippen LogP contribution in [0, 0.1) is 11.3 Å². The van der Waals surface area contributed by atoms with Crippen molar-refractivity contribution < 1.29 is 29.3 Å². The van der Waals surface area contributed by atoms with E-state index in [9.17, 15) is 24.6 Å². The van der Waals surface area contributed by atoms with E-state index in [-0.39, 0.29) is 12.8 Å². The van der Waals surface area contributed by atoms with Gasteiger partial charge in [-0.2, -0.15) is 0 Å². The largest absolute Gasteiger partial charge is 0.480 e. The summed E-state index contributed by atoms with van der Waals surface area (Å²) in [5.41, 5.74) is -1.91. The molecule has 0 aromatic heterocycles. The highest BCUT2D eigenvalue weighted by atomic mass is 16.6. The summed E-state index contributed by atoms with van der Waals surface area (Å²) in [6, 6.07) is 7.94. The van der Waals surface area contributed by atoms with Crippen LogP contribution in [0.3, 0.4) is 0 Å². The number of hydrogen-bond acceptors (Lipinski definition) is 5. The van der Waals surface area contributed by atoms with Crippen molar-refractivity contribution >= 4 is 17.8 Å². The Morgan fingerprint density at radius 2 is 1.85 bits per heavy atom. The number of amides is 1. The first-order chi connectivity index (χ1) is 12.1. The van der Waals surface area contributed by atoms with Crippen molar-refractivity contribution in [2.24, 2.45) is 11.3 Å². The Morgan fingerprint density at radius 3 is 2.35 bits per heavy atom. The number of carboxylic acid groups (broad SMARTS) is 1. The van der Waals surface area contributed by atoms with Crippen molar-refractivity contribution in [1.29, 1.82) is 0 Å². The van der Waals surface area contributed by atoms with Crippen LogP contribution in [0.15, 0.2) is 30.3 Å². The fourth-order valence-electron chi connectivity index (χ4n) is 3.42. The highest BCUT2D eigenvalue weighted by molar-refractivity contribution is 6.05. The third kappa shape index (κ3) is 4.04. The summed E-state index contributed by atoms with van der Waals surface area (Å²) in [5, 5.41) is 22.1. The van der Waals surface area contributed by atoms with Gasteiger partial charge in [-0.15, -0.1) is 0 Å². The second kappa shape index (κ2) is 7.45. The number of ether oxygens (including phenoxy) is 1. The van der Waals surface area contributed by atoms with Gasteiger partial charge >= 0.3 is 11.9 Å². The Hall–Kier alpha value is -2.41. The predicted octanol–water partition coefficient (Wildman–Crippen LogP) is 1.14. The number of aliphatic hydroxyl groups excluding tert-OH is 1. The molecule has 1 fully saturated rings. The van der Waals surface area contributed by atoms with Crippen LogP contribution in [-0.4, -0.2) is 46.3 Å². The van der Waals surface area contributed by atoms with E-state index in [1.165, 1.54) is 0 Å². The minimum absolute atomic E-state index is 0.0705. The number of nitrogens with one attached hydrogen (secondary N) is 1. The van der Waals surface area contributed by atoms with Crippen LogP contribution < -0.4 is 5.32 Å². The second-order valence-corrected chi connectivity index (χ2v) is 7.60. The number of carbonyl (C=O) groups excluding carboxylic acids is 2. The highest BCUT2D eigenvalue weighted by Gasteiger charge is 2.60. The van der Waals surface area contributed by atoms with Gasteiger partial charge < -0.3 is 20.3 Å². The molecule has 7 heteroatoms. The molecule has 0 unspecified atom stereocenters. The molecule has 142 valence electrons. The number of aliphatic carboxylic acids is 1. The van der Waals surface area contributed by atoms with E-state index >= 15 is 0 Å². The molecule has 0 saturated carbocycles. The quantitative estimate of drug-likeness (QED) is 0.516. The molecule has 2 rings (SSSR count). The van der Waals surface area contributed by atoms with Gasteiger partial charge in [-0.05, 0) is 32.8 Å². The Kier molecular flexibility index (Phi) is 5.71. The molecule has 1 aliphatic heterocycles. The Bertz CT molecular complexity index is 681. The van der Waals surface area contributed by atoms with Crippen molar-refractivity contribution in [2.75, 3.05) is 6.61 Å². The van der Waals surface area contributed by atoms with Crippen molar-refractivity contribution in [3.63, 3.8) is 0 Å². The third-order valence-electron chi connectivity index (χ3n) is 4.55. The maximum absolute atomic E-state index is 12.6. The number of carboxylic acids is 1. The molecule has 1 saturated heterocycles. The van der Waals surface area contributed by atoms with Gasteiger partial charge in [0.1, 0.15) is 5.60 Å². The average molecular weight is 363 g/mol. The molecule has 26 heavy (non-hydrogen) atoms. The zero-order chi connectivity index (χ0) is 19.5. The first kappa shape index (κ1) is 19.9. The summed E-state index contributed by atoms with van der Waals surface area (Å²) in [4.78, 5) is 37.1. The summed E-state index contributed by atoms with van der Waals surface area (Å²) in [6.07, 6.45) is -0.348. The molecular weight excluding hydrogens is 338 g/mol. The van der Waals surface area contributed by atoms with Crippen molar-refractivity contribution in [2.45, 2.75) is 45.3 Å². The van der Waals surface area contributed by atoms with Gasteiger partial charge in [-0.25, -0.2) is 0 Å². The summed E-state index contributed by atoms with van der Waals surface area (Å²) < 4.78 is 5.30. The average Bonchev–Trinajstić information content (AvgIpc) is 2.80. The fourth-order valence-corrected chi connectivity index (χ4v) is 3.42. The Balaban J connectivity index is 2.39. The Morgan fingerprint density at radius 1 is 1.23 bits per heavy atom. The molecule has 0 radical (unpaired) electrons.